The fraction of sp³-hybridized carbons (Fsp3) is 0.500. The van der Waals surface area contributed by atoms with Crippen molar-refractivity contribution in [1.82, 2.24) is 10.2 Å². The van der Waals surface area contributed by atoms with Crippen LogP contribution < -0.4 is 10.6 Å². The molecular formula is C18H22FN3O3. The van der Waals surface area contributed by atoms with Gasteiger partial charge >= 0.3 is 6.03 Å². The van der Waals surface area contributed by atoms with Gasteiger partial charge in [-0.05, 0) is 43.4 Å². The Labute approximate surface area is 145 Å². The summed E-state index contributed by atoms with van der Waals surface area (Å²) < 4.78 is 13.8. The molecule has 1 heterocycles. The Hall–Kier alpha value is -2.44. The molecule has 0 unspecified atom stereocenters. The topological polar surface area (TPSA) is 78.5 Å². The number of nitrogens with zero attached hydrogens (tertiary/aromatic N) is 1. The first kappa shape index (κ1) is 17.4. The Balaban J connectivity index is 1.71. The molecule has 2 atom stereocenters. The standard InChI is InChI=1S/C18H22FN3O3/c1-11-6-7-14(13(19)9-11)20-15(23)10-22-16(24)18(21-17(22)25)8-4-3-5-12(18)2/h6-7,9,12H,3-5,8,10H2,1-2H3,(H,20,23)(H,21,25)/t12-,18+/m0/s1. The van der Waals surface area contributed by atoms with Crippen LogP contribution in [0.5, 0.6) is 0 Å². The number of hydrogen-bond donors (Lipinski definition) is 2. The Morgan fingerprint density at radius 3 is 2.84 bits per heavy atom. The molecule has 1 saturated heterocycles. The van der Waals surface area contributed by atoms with Crippen molar-refractivity contribution in [3.05, 3.63) is 29.6 Å². The van der Waals surface area contributed by atoms with E-state index in [1.54, 1.807) is 13.0 Å². The number of carbonyl (C=O) groups excluding carboxylic acids is 3. The molecule has 1 aliphatic heterocycles. The van der Waals surface area contributed by atoms with Gasteiger partial charge in [-0.25, -0.2) is 9.18 Å². The number of halogens is 1. The monoisotopic (exact) mass is 347 g/mol. The fourth-order valence-corrected chi connectivity index (χ4v) is 3.69. The zero-order valence-corrected chi connectivity index (χ0v) is 14.4. The predicted octanol–water partition coefficient (Wildman–Crippen LogP) is 2.57. The summed E-state index contributed by atoms with van der Waals surface area (Å²) in [5.74, 6) is -1.49. The molecule has 3 rings (SSSR count). The lowest BCUT2D eigenvalue weighted by molar-refractivity contribution is -0.136. The van der Waals surface area contributed by atoms with Gasteiger partial charge in [0.15, 0.2) is 0 Å². The maximum Gasteiger partial charge on any atom is 0.325 e. The molecule has 1 aromatic rings. The van der Waals surface area contributed by atoms with Gasteiger partial charge < -0.3 is 10.6 Å². The van der Waals surface area contributed by atoms with E-state index in [9.17, 15) is 18.8 Å². The SMILES string of the molecule is Cc1ccc(NC(=O)CN2C(=O)N[C@@]3(CCCC[C@@H]3C)C2=O)c(F)c1. The first-order chi connectivity index (χ1) is 11.8. The van der Waals surface area contributed by atoms with E-state index in [2.05, 4.69) is 10.6 Å². The molecule has 1 aromatic carbocycles. The summed E-state index contributed by atoms with van der Waals surface area (Å²) in [7, 11) is 0. The quantitative estimate of drug-likeness (QED) is 0.825. The Morgan fingerprint density at radius 2 is 2.16 bits per heavy atom. The first-order valence-corrected chi connectivity index (χ1v) is 8.53. The molecule has 0 radical (unpaired) electrons. The van der Waals surface area contributed by atoms with Crippen LogP contribution >= 0.6 is 0 Å². The van der Waals surface area contributed by atoms with Crippen LogP contribution in [-0.4, -0.2) is 34.8 Å². The van der Waals surface area contributed by atoms with Crippen molar-refractivity contribution in [1.29, 1.82) is 0 Å². The second-order valence-electron chi connectivity index (χ2n) is 6.97. The molecule has 1 spiro atoms. The van der Waals surface area contributed by atoms with Crippen molar-refractivity contribution in [3.63, 3.8) is 0 Å². The average Bonchev–Trinajstić information content (AvgIpc) is 2.78. The van der Waals surface area contributed by atoms with Crippen molar-refractivity contribution < 1.29 is 18.8 Å². The van der Waals surface area contributed by atoms with Crippen molar-refractivity contribution in [2.24, 2.45) is 5.92 Å². The third kappa shape index (κ3) is 3.10. The second kappa shape index (κ2) is 6.46. The van der Waals surface area contributed by atoms with E-state index in [1.165, 1.54) is 12.1 Å². The number of imide groups is 1. The molecule has 1 aliphatic carbocycles. The van der Waals surface area contributed by atoms with Crippen molar-refractivity contribution in [2.75, 3.05) is 11.9 Å². The Morgan fingerprint density at radius 1 is 1.40 bits per heavy atom. The molecule has 134 valence electrons. The summed E-state index contributed by atoms with van der Waals surface area (Å²) in [6.07, 6.45) is 3.34. The van der Waals surface area contributed by atoms with E-state index in [-0.39, 0.29) is 17.5 Å². The summed E-state index contributed by atoms with van der Waals surface area (Å²) in [5, 5.41) is 5.21. The highest BCUT2D eigenvalue weighted by atomic mass is 19.1. The van der Waals surface area contributed by atoms with Gasteiger partial charge in [0.05, 0.1) is 5.69 Å². The number of hydrogen-bond acceptors (Lipinski definition) is 3. The summed E-state index contributed by atoms with van der Waals surface area (Å²) in [6.45, 7) is 3.27. The zero-order valence-electron chi connectivity index (χ0n) is 14.4. The van der Waals surface area contributed by atoms with Gasteiger partial charge in [0, 0.05) is 0 Å². The number of amides is 4. The van der Waals surface area contributed by atoms with Gasteiger partial charge in [-0.15, -0.1) is 0 Å². The van der Waals surface area contributed by atoms with Gasteiger partial charge in [0.25, 0.3) is 5.91 Å². The average molecular weight is 347 g/mol. The molecule has 2 aliphatic rings. The summed E-state index contributed by atoms with van der Waals surface area (Å²) in [5.41, 5.74) is -0.133. The van der Waals surface area contributed by atoms with E-state index in [0.29, 0.717) is 6.42 Å². The lowest BCUT2D eigenvalue weighted by Crippen LogP contribution is -2.54. The van der Waals surface area contributed by atoms with Crippen LogP contribution in [-0.2, 0) is 9.59 Å². The number of rotatable bonds is 3. The van der Waals surface area contributed by atoms with E-state index in [0.717, 1.165) is 29.7 Å². The molecule has 4 amide bonds. The van der Waals surface area contributed by atoms with Crippen LogP contribution in [0.25, 0.3) is 0 Å². The minimum atomic E-state index is -0.898. The maximum absolute atomic E-state index is 13.8. The fourth-order valence-electron chi connectivity index (χ4n) is 3.69. The molecule has 2 N–H and O–H groups in total. The third-order valence-electron chi connectivity index (χ3n) is 5.20. The summed E-state index contributed by atoms with van der Waals surface area (Å²) in [6, 6.07) is 3.88. The van der Waals surface area contributed by atoms with Gasteiger partial charge in [0.1, 0.15) is 17.9 Å². The molecule has 6 nitrogen and oxygen atoms in total. The van der Waals surface area contributed by atoms with E-state index >= 15 is 0 Å². The van der Waals surface area contributed by atoms with E-state index in [4.69, 9.17) is 0 Å². The number of aryl methyl sites for hydroxylation is 1. The highest BCUT2D eigenvalue weighted by molar-refractivity contribution is 6.10. The normalized spacial score (nSPS) is 26.0. The van der Waals surface area contributed by atoms with Crippen LogP contribution in [0.2, 0.25) is 0 Å². The molecule has 1 saturated carbocycles. The van der Waals surface area contributed by atoms with Gasteiger partial charge in [-0.2, -0.15) is 0 Å². The second-order valence-corrected chi connectivity index (χ2v) is 6.97. The van der Waals surface area contributed by atoms with Gasteiger partial charge in [-0.3, -0.25) is 14.5 Å². The lowest BCUT2D eigenvalue weighted by atomic mass is 9.73. The lowest BCUT2D eigenvalue weighted by Gasteiger charge is -2.36. The number of anilines is 1. The third-order valence-corrected chi connectivity index (χ3v) is 5.20. The van der Waals surface area contributed by atoms with Crippen molar-refractivity contribution >= 4 is 23.5 Å². The van der Waals surface area contributed by atoms with Crippen molar-refractivity contribution in [2.45, 2.75) is 45.1 Å². The molecule has 2 fully saturated rings. The molecule has 7 heteroatoms. The van der Waals surface area contributed by atoms with Crippen LogP contribution in [0.3, 0.4) is 0 Å². The molecule has 25 heavy (non-hydrogen) atoms. The van der Waals surface area contributed by atoms with Gasteiger partial charge in [0.2, 0.25) is 5.91 Å². The highest BCUT2D eigenvalue weighted by Gasteiger charge is 2.55. The predicted molar refractivity (Wildman–Crippen MR) is 90.4 cm³/mol. The van der Waals surface area contributed by atoms with Crippen molar-refractivity contribution in [3.8, 4) is 0 Å². The number of benzene rings is 1. The highest BCUT2D eigenvalue weighted by Crippen LogP contribution is 2.38. The van der Waals surface area contributed by atoms with E-state index < -0.39 is 29.8 Å². The molecule has 0 aromatic heterocycles. The number of carbonyl (C=O) groups is 3. The largest absolute Gasteiger partial charge is 0.325 e. The van der Waals surface area contributed by atoms with E-state index in [1.807, 2.05) is 6.92 Å². The van der Waals surface area contributed by atoms with Crippen LogP contribution in [0, 0.1) is 18.7 Å². The summed E-state index contributed by atoms with van der Waals surface area (Å²) >= 11 is 0. The summed E-state index contributed by atoms with van der Waals surface area (Å²) in [4.78, 5) is 38.2. The van der Waals surface area contributed by atoms with Crippen LogP contribution in [0.1, 0.15) is 38.2 Å². The molecular weight excluding hydrogens is 325 g/mol. The maximum atomic E-state index is 13.8. The minimum Gasteiger partial charge on any atom is -0.323 e. The Kier molecular flexibility index (Phi) is 4.49. The van der Waals surface area contributed by atoms with Crippen LogP contribution in [0.15, 0.2) is 18.2 Å². The van der Waals surface area contributed by atoms with Crippen LogP contribution in [0.4, 0.5) is 14.9 Å². The minimum absolute atomic E-state index is 0.0281. The Bertz CT molecular complexity index is 736. The van der Waals surface area contributed by atoms with Gasteiger partial charge in [-0.1, -0.05) is 25.8 Å². The first-order valence-electron chi connectivity index (χ1n) is 8.53. The molecule has 0 bridgehead atoms. The zero-order chi connectivity index (χ0) is 18.2. The number of nitrogens with one attached hydrogen (secondary N) is 2. The number of urea groups is 1. The smallest absolute Gasteiger partial charge is 0.323 e.